The molecule has 1 aromatic carbocycles. The van der Waals surface area contributed by atoms with Gasteiger partial charge in [-0.25, -0.2) is 8.78 Å². The number of rotatable bonds is 4. The molecule has 19 heavy (non-hydrogen) atoms. The van der Waals surface area contributed by atoms with Gasteiger partial charge in [-0.05, 0) is 31.5 Å². The van der Waals surface area contributed by atoms with Crippen LogP contribution in [0.5, 0.6) is 0 Å². The smallest absolute Gasteiger partial charge is 0.142 e. The first-order valence-electron chi connectivity index (χ1n) is 6.93. The van der Waals surface area contributed by atoms with E-state index in [0.717, 1.165) is 12.5 Å². The highest BCUT2D eigenvalue weighted by Crippen LogP contribution is 2.33. The third-order valence-electron chi connectivity index (χ3n) is 4.06. The molecule has 0 radical (unpaired) electrons. The highest BCUT2D eigenvalue weighted by Gasteiger charge is 2.22. The monoisotopic (exact) mass is 287 g/mol. The SMILES string of the molecule is CNC(CC1CCCCC1)c1cc(F)c(Cl)cc1F. The zero-order valence-electron chi connectivity index (χ0n) is 11.2. The zero-order chi connectivity index (χ0) is 13.8. The van der Waals surface area contributed by atoms with Gasteiger partial charge in [-0.3, -0.25) is 0 Å². The van der Waals surface area contributed by atoms with Gasteiger partial charge < -0.3 is 5.32 Å². The molecule has 0 bridgehead atoms. The number of hydrogen-bond donors (Lipinski definition) is 1. The van der Waals surface area contributed by atoms with Crippen molar-refractivity contribution >= 4 is 11.6 Å². The van der Waals surface area contributed by atoms with Crippen LogP contribution in [0.2, 0.25) is 5.02 Å². The number of halogens is 3. The van der Waals surface area contributed by atoms with Crippen LogP contribution in [0.4, 0.5) is 8.78 Å². The van der Waals surface area contributed by atoms with Crippen molar-refractivity contribution in [1.82, 2.24) is 5.32 Å². The van der Waals surface area contributed by atoms with E-state index in [1.165, 1.54) is 38.2 Å². The van der Waals surface area contributed by atoms with E-state index in [1.807, 2.05) is 0 Å². The molecule has 0 aromatic heterocycles. The topological polar surface area (TPSA) is 12.0 Å². The van der Waals surface area contributed by atoms with Crippen LogP contribution in [0.15, 0.2) is 12.1 Å². The average Bonchev–Trinajstić information content (AvgIpc) is 2.42. The lowest BCUT2D eigenvalue weighted by Gasteiger charge is -2.27. The van der Waals surface area contributed by atoms with Crippen LogP contribution >= 0.6 is 11.6 Å². The maximum absolute atomic E-state index is 13.9. The summed E-state index contributed by atoms with van der Waals surface area (Å²) >= 11 is 5.59. The van der Waals surface area contributed by atoms with Crippen molar-refractivity contribution in [2.75, 3.05) is 7.05 Å². The van der Waals surface area contributed by atoms with E-state index in [9.17, 15) is 8.78 Å². The Bertz CT molecular complexity index is 430. The number of benzene rings is 1. The molecule has 1 N–H and O–H groups in total. The Labute approximate surface area is 118 Å². The van der Waals surface area contributed by atoms with E-state index in [1.54, 1.807) is 7.05 Å². The van der Waals surface area contributed by atoms with Gasteiger partial charge in [0.2, 0.25) is 0 Å². The molecular weight excluding hydrogens is 268 g/mol. The fourth-order valence-electron chi connectivity index (χ4n) is 2.96. The Morgan fingerprint density at radius 2 is 1.89 bits per heavy atom. The molecule has 0 aliphatic heterocycles. The standard InChI is InChI=1S/C15H20ClF2N/c1-19-15(7-10-5-3-2-4-6-10)11-8-14(18)12(16)9-13(11)17/h8-10,15,19H,2-7H2,1H3. The predicted octanol–water partition coefficient (Wildman–Crippen LogP) is 4.85. The molecule has 1 unspecified atom stereocenters. The molecule has 0 amide bonds. The first kappa shape index (κ1) is 14.7. The summed E-state index contributed by atoms with van der Waals surface area (Å²) in [5.41, 5.74) is 0.384. The van der Waals surface area contributed by atoms with Crippen LogP contribution < -0.4 is 5.32 Å². The molecule has 106 valence electrons. The minimum Gasteiger partial charge on any atom is -0.313 e. The lowest BCUT2D eigenvalue weighted by Crippen LogP contribution is -2.22. The molecule has 1 aliphatic carbocycles. The van der Waals surface area contributed by atoms with Crippen molar-refractivity contribution in [3.05, 3.63) is 34.4 Å². The van der Waals surface area contributed by atoms with Crippen molar-refractivity contribution in [2.45, 2.75) is 44.6 Å². The van der Waals surface area contributed by atoms with Crippen LogP contribution in [0.1, 0.15) is 50.1 Å². The summed E-state index contributed by atoms with van der Waals surface area (Å²) in [6.07, 6.45) is 7.03. The Hall–Kier alpha value is -0.670. The van der Waals surface area contributed by atoms with Gasteiger partial charge in [0.05, 0.1) is 5.02 Å². The van der Waals surface area contributed by atoms with Crippen molar-refractivity contribution in [3.8, 4) is 0 Å². The van der Waals surface area contributed by atoms with Crippen molar-refractivity contribution in [3.63, 3.8) is 0 Å². The molecule has 1 atom stereocenters. The quantitative estimate of drug-likeness (QED) is 0.781. The fraction of sp³-hybridized carbons (Fsp3) is 0.600. The van der Waals surface area contributed by atoms with Gasteiger partial charge in [-0.1, -0.05) is 43.7 Å². The van der Waals surface area contributed by atoms with Crippen LogP contribution in [-0.2, 0) is 0 Å². The van der Waals surface area contributed by atoms with Crippen LogP contribution in [0, 0.1) is 17.6 Å². The van der Waals surface area contributed by atoms with Crippen molar-refractivity contribution in [1.29, 1.82) is 0 Å². The Kier molecular flexibility index (Phi) is 5.17. The van der Waals surface area contributed by atoms with Crippen molar-refractivity contribution in [2.24, 2.45) is 5.92 Å². The minimum atomic E-state index is -0.554. The summed E-state index contributed by atoms with van der Waals surface area (Å²) in [5.74, 6) is -0.382. The first-order valence-corrected chi connectivity index (χ1v) is 7.31. The highest BCUT2D eigenvalue weighted by molar-refractivity contribution is 6.30. The number of hydrogen-bond acceptors (Lipinski definition) is 1. The summed E-state index contributed by atoms with van der Waals surface area (Å²) in [6, 6.07) is 2.15. The summed E-state index contributed by atoms with van der Waals surface area (Å²) in [4.78, 5) is 0. The zero-order valence-corrected chi connectivity index (χ0v) is 11.9. The summed E-state index contributed by atoms with van der Waals surface area (Å²) in [6.45, 7) is 0. The summed E-state index contributed by atoms with van der Waals surface area (Å²) in [5, 5.41) is 2.94. The Balaban J connectivity index is 2.14. The molecular formula is C15H20ClF2N. The van der Waals surface area contributed by atoms with Gasteiger partial charge in [0.15, 0.2) is 0 Å². The molecule has 2 rings (SSSR count). The third kappa shape index (κ3) is 3.67. The maximum atomic E-state index is 13.9. The molecule has 1 fully saturated rings. The molecule has 0 spiro atoms. The molecule has 1 aromatic rings. The van der Waals surface area contributed by atoms with E-state index in [-0.39, 0.29) is 11.1 Å². The summed E-state index contributed by atoms with van der Waals surface area (Å²) in [7, 11) is 1.79. The van der Waals surface area contributed by atoms with Gasteiger partial charge in [0.1, 0.15) is 11.6 Å². The van der Waals surface area contributed by atoms with Crippen LogP contribution in [-0.4, -0.2) is 7.05 Å². The second kappa shape index (κ2) is 6.67. The first-order chi connectivity index (χ1) is 9.11. The lowest BCUT2D eigenvalue weighted by atomic mass is 9.83. The summed E-state index contributed by atoms with van der Waals surface area (Å²) < 4.78 is 27.4. The largest absolute Gasteiger partial charge is 0.313 e. The Morgan fingerprint density at radius 1 is 1.21 bits per heavy atom. The molecule has 1 nitrogen and oxygen atoms in total. The lowest BCUT2D eigenvalue weighted by molar-refractivity contribution is 0.302. The average molecular weight is 288 g/mol. The second-order valence-corrected chi connectivity index (χ2v) is 5.78. The second-order valence-electron chi connectivity index (χ2n) is 5.37. The molecule has 4 heteroatoms. The molecule has 1 saturated carbocycles. The van der Waals surface area contributed by atoms with Crippen LogP contribution in [0.3, 0.4) is 0 Å². The van der Waals surface area contributed by atoms with Gasteiger partial charge in [-0.15, -0.1) is 0 Å². The fourth-order valence-corrected chi connectivity index (χ4v) is 3.11. The molecule has 0 heterocycles. The van der Waals surface area contributed by atoms with E-state index >= 15 is 0 Å². The number of nitrogens with one attached hydrogen (secondary N) is 1. The van der Waals surface area contributed by atoms with Gasteiger partial charge >= 0.3 is 0 Å². The highest BCUT2D eigenvalue weighted by atomic mass is 35.5. The van der Waals surface area contributed by atoms with Gasteiger partial charge in [0, 0.05) is 11.6 Å². The van der Waals surface area contributed by atoms with Gasteiger partial charge in [0.25, 0.3) is 0 Å². The van der Waals surface area contributed by atoms with E-state index in [2.05, 4.69) is 5.32 Å². The normalized spacial score (nSPS) is 18.5. The van der Waals surface area contributed by atoms with Crippen LogP contribution in [0.25, 0.3) is 0 Å². The van der Waals surface area contributed by atoms with Crippen molar-refractivity contribution < 1.29 is 8.78 Å². The maximum Gasteiger partial charge on any atom is 0.142 e. The minimum absolute atomic E-state index is 0.144. The molecule has 0 saturated heterocycles. The van der Waals surface area contributed by atoms with E-state index < -0.39 is 11.6 Å². The van der Waals surface area contributed by atoms with E-state index in [0.29, 0.717) is 11.5 Å². The third-order valence-corrected chi connectivity index (χ3v) is 4.35. The van der Waals surface area contributed by atoms with E-state index in [4.69, 9.17) is 11.6 Å². The Morgan fingerprint density at radius 3 is 2.53 bits per heavy atom. The van der Waals surface area contributed by atoms with Gasteiger partial charge in [-0.2, -0.15) is 0 Å². The molecule has 1 aliphatic rings. The predicted molar refractivity (Wildman–Crippen MR) is 74.4 cm³/mol.